The maximum atomic E-state index is 12.8. The van der Waals surface area contributed by atoms with Crippen LogP contribution in [0.1, 0.15) is 15.9 Å². The van der Waals surface area contributed by atoms with Gasteiger partial charge in [-0.05, 0) is 42.0 Å². The van der Waals surface area contributed by atoms with E-state index in [4.69, 9.17) is 4.74 Å². The summed E-state index contributed by atoms with van der Waals surface area (Å²) in [7, 11) is 0. The van der Waals surface area contributed by atoms with Gasteiger partial charge in [0.15, 0.2) is 0 Å². The largest absolute Gasteiger partial charge is 0.492 e. The number of benzene rings is 2. The molecule has 0 aliphatic heterocycles. The summed E-state index contributed by atoms with van der Waals surface area (Å²) < 4.78 is 20.2. The van der Waals surface area contributed by atoms with Gasteiger partial charge in [0.05, 0.1) is 12.9 Å². The van der Waals surface area contributed by atoms with Crippen molar-refractivity contribution in [2.45, 2.75) is 6.54 Å². The molecule has 5 nitrogen and oxygen atoms in total. The van der Waals surface area contributed by atoms with Crippen molar-refractivity contribution >= 4 is 5.91 Å². The van der Waals surface area contributed by atoms with Crippen molar-refractivity contribution in [3.05, 3.63) is 84.2 Å². The van der Waals surface area contributed by atoms with Gasteiger partial charge in [-0.15, -0.1) is 0 Å². The Balaban J connectivity index is 1.44. The summed E-state index contributed by atoms with van der Waals surface area (Å²) in [6.07, 6.45) is 5.37. The maximum absolute atomic E-state index is 12.8. The summed E-state index contributed by atoms with van der Waals surface area (Å²) >= 11 is 0. The summed E-state index contributed by atoms with van der Waals surface area (Å²) in [4.78, 5) is 16.1. The van der Waals surface area contributed by atoms with Crippen LogP contribution < -0.4 is 10.1 Å². The maximum Gasteiger partial charge on any atom is 0.251 e. The van der Waals surface area contributed by atoms with Crippen LogP contribution in [0, 0.1) is 5.82 Å². The summed E-state index contributed by atoms with van der Waals surface area (Å²) in [5.41, 5.74) is 1.69. The van der Waals surface area contributed by atoms with E-state index in [2.05, 4.69) is 10.3 Å². The van der Waals surface area contributed by atoms with Gasteiger partial charge >= 0.3 is 0 Å². The average Bonchev–Trinajstić information content (AvgIpc) is 3.14. The SMILES string of the molecule is O=C(NCCOc1ccc(F)cc1)c1ccc(Cn2ccnc2)cc1. The van der Waals surface area contributed by atoms with Crippen LogP contribution in [0.5, 0.6) is 5.75 Å². The van der Waals surface area contributed by atoms with E-state index in [1.54, 1.807) is 36.8 Å². The molecule has 0 spiro atoms. The van der Waals surface area contributed by atoms with E-state index >= 15 is 0 Å². The topological polar surface area (TPSA) is 56.1 Å². The highest BCUT2D eigenvalue weighted by Crippen LogP contribution is 2.10. The van der Waals surface area contributed by atoms with Crippen molar-refractivity contribution < 1.29 is 13.9 Å². The lowest BCUT2D eigenvalue weighted by atomic mass is 10.1. The second kappa shape index (κ2) is 8.10. The predicted molar refractivity (Wildman–Crippen MR) is 92.0 cm³/mol. The number of ether oxygens (including phenoxy) is 1. The van der Waals surface area contributed by atoms with E-state index in [1.807, 2.05) is 22.9 Å². The van der Waals surface area contributed by atoms with Gasteiger partial charge in [0.2, 0.25) is 0 Å². The molecule has 0 aliphatic rings. The Bertz CT molecular complexity index is 800. The Morgan fingerprint density at radius 3 is 2.56 bits per heavy atom. The summed E-state index contributed by atoms with van der Waals surface area (Å²) in [6, 6.07) is 13.2. The molecule has 0 fully saturated rings. The third-order valence-corrected chi connectivity index (χ3v) is 3.61. The van der Waals surface area contributed by atoms with Crippen molar-refractivity contribution in [1.29, 1.82) is 0 Å². The fourth-order valence-electron chi connectivity index (χ4n) is 2.32. The smallest absolute Gasteiger partial charge is 0.251 e. The number of halogens is 1. The number of hydrogen-bond donors (Lipinski definition) is 1. The van der Waals surface area contributed by atoms with Gasteiger partial charge in [-0.25, -0.2) is 9.37 Å². The van der Waals surface area contributed by atoms with Gasteiger partial charge in [0, 0.05) is 24.5 Å². The standard InChI is InChI=1S/C19H18FN3O2/c20-17-5-7-18(8-6-17)25-12-10-22-19(24)16-3-1-15(2-4-16)13-23-11-9-21-14-23/h1-9,11,14H,10,12-13H2,(H,22,24). The monoisotopic (exact) mass is 339 g/mol. The molecule has 25 heavy (non-hydrogen) atoms. The number of nitrogens with zero attached hydrogens (tertiary/aromatic N) is 2. The number of carbonyl (C=O) groups excluding carboxylic acids is 1. The number of amides is 1. The van der Waals surface area contributed by atoms with Crippen molar-refractivity contribution in [2.75, 3.05) is 13.2 Å². The number of hydrogen-bond acceptors (Lipinski definition) is 3. The number of imidazole rings is 1. The van der Waals surface area contributed by atoms with Crippen LogP contribution in [0.4, 0.5) is 4.39 Å². The highest BCUT2D eigenvalue weighted by molar-refractivity contribution is 5.94. The van der Waals surface area contributed by atoms with E-state index in [1.165, 1.54) is 12.1 Å². The Labute approximate surface area is 145 Å². The van der Waals surface area contributed by atoms with Crippen LogP contribution in [-0.4, -0.2) is 28.6 Å². The van der Waals surface area contributed by atoms with Crippen molar-refractivity contribution in [2.24, 2.45) is 0 Å². The molecule has 2 aromatic carbocycles. The molecule has 128 valence electrons. The van der Waals surface area contributed by atoms with Gasteiger partial charge < -0.3 is 14.6 Å². The van der Waals surface area contributed by atoms with Crippen LogP contribution in [0.15, 0.2) is 67.3 Å². The van der Waals surface area contributed by atoms with E-state index in [0.29, 0.717) is 31.0 Å². The Morgan fingerprint density at radius 2 is 1.88 bits per heavy atom. The van der Waals surface area contributed by atoms with Gasteiger partial charge in [-0.1, -0.05) is 12.1 Å². The summed E-state index contributed by atoms with van der Waals surface area (Å²) in [5, 5.41) is 2.79. The first-order valence-electron chi connectivity index (χ1n) is 7.92. The van der Waals surface area contributed by atoms with Crippen LogP contribution in [0.25, 0.3) is 0 Å². The zero-order valence-electron chi connectivity index (χ0n) is 13.6. The highest BCUT2D eigenvalue weighted by atomic mass is 19.1. The van der Waals surface area contributed by atoms with Crippen LogP contribution in [0.3, 0.4) is 0 Å². The molecular weight excluding hydrogens is 321 g/mol. The number of aromatic nitrogens is 2. The third kappa shape index (κ3) is 4.91. The highest BCUT2D eigenvalue weighted by Gasteiger charge is 2.05. The molecule has 1 heterocycles. The molecule has 3 rings (SSSR count). The lowest BCUT2D eigenvalue weighted by molar-refractivity contribution is 0.0947. The number of rotatable bonds is 7. The fraction of sp³-hybridized carbons (Fsp3) is 0.158. The summed E-state index contributed by atoms with van der Waals surface area (Å²) in [5.74, 6) is 0.105. The molecule has 0 bridgehead atoms. The molecule has 0 saturated carbocycles. The predicted octanol–water partition coefficient (Wildman–Crippen LogP) is 2.88. The normalized spacial score (nSPS) is 10.4. The molecule has 0 atom stereocenters. The van der Waals surface area contributed by atoms with Crippen LogP contribution in [-0.2, 0) is 6.54 Å². The molecule has 0 aliphatic carbocycles. The summed E-state index contributed by atoms with van der Waals surface area (Å²) in [6.45, 7) is 1.40. The van der Waals surface area contributed by atoms with Crippen molar-refractivity contribution in [3.8, 4) is 5.75 Å². The molecular formula is C19H18FN3O2. The van der Waals surface area contributed by atoms with Gasteiger partial charge in [0.25, 0.3) is 5.91 Å². The molecule has 0 saturated heterocycles. The molecule has 1 N–H and O–H groups in total. The quantitative estimate of drug-likeness (QED) is 0.674. The Morgan fingerprint density at radius 1 is 1.12 bits per heavy atom. The fourth-order valence-corrected chi connectivity index (χ4v) is 2.32. The zero-order valence-corrected chi connectivity index (χ0v) is 13.6. The minimum absolute atomic E-state index is 0.156. The van der Waals surface area contributed by atoms with Crippen molar-refractivity contribution in [3.63, 3.8) is 0 Å². The first kappa shape index (κ1) is 16.7. The third-order valence-electron chi connectivity index (χ3n) is 3.61. The molecule has 3 aromatic rings. The van der Waals surface area contributed by atoms with Crippen LogP contribution in [0.2, 0.25) is 0 Å². The lowest BCUT2D eigenvalue weighted by Gasteiger charge is -2.08. The second-order valence-electron chi connectivity index (χ2n) is 5.49. The molecule has 6 heteroatoms. The minimum atomic E-state index is -0.308. The van der Waals surface area contributed by atoms with E-state index in [9.17, 15) is 9.18 Å². The average molecular weight is 339 g/mol. The van der Waals surface area contributed by atoms with Gasteiger partial charge in [-0.2, -0.15) is 0 Å². The van der Waals surface area contributed by atoms with E-state index < -0.39 is 0 Å². The van der Waals surface area contributed by atoms with E-state index in [-0.39, 0.29) is 11.7 Å². The Kier molecular flexibility index (Phi) is 5.41. The second-order valence-corrected chi connectivity index (χ2v) is 5.49. The number of nitrogens with one attached hydrogen (secondary N) is 1. The molecule has 0 unspecified atom stereocenters. The van der Waals surface area contributed by atoms with Crippen molar-refractivity contribution in [1.82, 2.24) is 14.9 Å². The van der Waals surface area contributed by atoms with E-state index in [0.717, 1.165) is 5.56 Å². The molecule has 0 radical (unpaired) electrons. The minimum Gasteiger partial charge on any atom is -0.492 e. The first-order chi connectivity index (χ1) is 12.2. The molecule has 1 aromatic heterocycles. The Hall–Kier alpha value is -3.15. The number of carbonyl (C=O) groups is 1. The molecule has 1 amide bonds. The van der Waals surface area contributed by atoms with Gasteiger partial charge in [0.1, 0.15) is 18.2 Å². The lowest BCUT2D eigenvalue weighted by Crippen LogP contribution is -2.28. The zero-order chi connectivity index (χ0) is 17.5. The van der Waals surface area contributed by atoms with Gasteiger partial charge in [-0.3, -0.25) is 4.79 Å². The first-order valence-corrected chi connectivity index (χ1v) is 7.92. The van der Waals surface area contributed by atoms with Crippen LogP contribution >= 0.6 is 0 Å².